The zero-order valence-electron chi connectivity index (χ0n) is 14.9. The molecule has 0 unspecified atom stereocenters. The van der Waals surface area contributed by atoms with Crippen LogP contribution in [0.3, 0.4) is 0 Å². The van der Waals surface area contributed by atoms with E-state index in [1.807, 2.05) is 12.1 Å². The first-order valence-corrected chi connectivity index (χ1v) is 9.43. The van der Waals surface area contributed by atoms with Gasteiger partial charge in [0.15, 0.2) is 0 Å². The van der Waals surface area contributed by atoms with Crippen LogP contribution in [-0.4, -0.2) is 19.0 Å². The lowest BCUT2D eigenvalue weighted by atomic mass is 10.1. The molecule has 0 saturated heterocycles. The number of rotatable bonds is 6. The minimum absolute atomic E-state index is 0.0409. The van der Waals surface area contributed by atoms with E-state index < -0.39 is 5.97 Å². The lowest BCUT2D eigenvalue weighted by Crippen LogP contribution is -2.12. The number of carbonyl (C=O) groups is 2. The quantitative estimate of drug-likeness (QED) is 0.585. The highest BCUT2D eigenvalue weighted by molar-refractivity contribution is 7.17. The summed E-state index contributed by atoms with van der Waals surface area (Å²) in [6.07, 6.45) is -0.0409. The van der Waals surface area contributed by atoms with Gasteiger partial charge in [0.2, 0.25) is 0 Å². The van der Waals surface area contributed by atoms with Crippen LogP contribution >= 0.6 is 22.9 Å². The maximum Gasteiger partial charge on any atom is 0.328 e. The smallest absolute Gasteiger partial charge is 0.328 e. The van der Waals surface area contributed by atoms with Gasteiger partial charge in [0.05, 0.1) is 18.4 Å². The van der Waals surface area contributed by atoms with Crippen LogP contribution in [0, 0.1) is 0 Å². The number of anilines is 1. The molecule has 0 atom stereocenters. The number of benzene rings is 2. The average Bonchev–Trinajstić information content (AvgIpc) is 3.13. The van der Waals surface area contributed by atoms with E-state index in [9.17, 15) is 9.59 Å². The van der Waals surface area contributed by atoms with Gasteiger partial charge in [-0.2, -0.15) is 5.90 Å². The minimum atomic E-state index is -0.588. The van der Waals surface area contributed by atoms with Gasteiger partial charge in [-0.25, -0.2) is 0 Å². The Hall–Kier alpha value is -2.87. The SMILES string of the molecule is COc1ccc(NC(=O)c2cc(CC(=O)ON)c(-c3ccc(Cl)cc3)s2)cc1. The van der Waals surface area contributed by atoms with Crippen molar-refractivity contribution in [3.05, 3.63) is 70.1 Å². The first kappa shape index (κ1) is 19.9. The van der Waals surface area contributed by atoms with Crippen molar-refractivity contribution in [2.45, 2.75) is 6.42 Å². The summed E-state index contributed by atoms with van der Waals surface area (Å²) in [6, 6.07) is 15.8. The van der Waals surface area contributed by atoms with E-state index in [0.29, 0.717) is 26.9 Å². The number of nitrogens with two attached hydrogens (primary N) is 1. The van der Waals surface area contributed by atoms with Crippen LogP contribution in [0.15, 0.2) is 54.6 Å². The van der Waals surface area contributed by atoms with Crippen LogP contribution in [0.25, 0.3) is 10.4 Å². The molecule has 0 aliphatic carbocycles. The first-order valence-electron chi connectivity index (χ1n) is 8.23. The van der Waals surface area contributed by atoms with Crippen LogP contribution in [0.4, 0.5) is 5.69 Å². The Balaban J connectivity index is 1.89. The van der Waals surface area contributed by atoms with Gasteiger partial charge in [0.25, 0.3) is 5.91 Å². The highest BCUT2D eigenvalue weighted by Crippen LogP contribution is 2.34. The number of methoxy groups -OCH3 is 1. The monoisotopic (exact) mass is 416 g/mol. The molecule has 1 aromatic heterocycles. The van der Waals surface area contributed by atoms with Gasteiger partial charge < -0.3 is 14.9 Å². The molecular weight excluding hydrogens is 400 g/mol. The van der Waals surface area contributed by atoms with Gasteiger partial charge in [0.1, 0.15) is 5.75 Å². The zero-order valence-corrected chi connectivity index (χ0v) is 16.5. The third-order valence-electron chi connectivity index (χ3n) is 3.95. The van der Waals surface area contributed by atoms with Gasteiger partial charge in [-0.3, -0.25) is 9.59 Å². The third-order valence-corrected chi connectivity index (χ3v) is 5.43. The third kappa shape index (κ3) is 4.69. The van der Waals surface area contributed by atoms with Crippen LogP contribution in [0.2, 0.25) is 5.02 Å². The van der Waals surface area contributed by atoms with Crippen molar-refractivity contribution in [2.24, 2.45) is 5.90 Å². The molecule has 0 radical (unpaired) electrons. The molecule has 0 aliphatic rings. The standard InChI is InChI=1S/C20H17ClN2O4S/c1-26-16-8-6-15(7-9-16)23-20(25)17-10-13(11-18(24)27-22)19(28-17)12-2-4-14(21)5-3-12/h2-10H,11,22H2,1H3,(H,23,25). The average molecular weight is 417 g/mol. The van der Waals surface area contributed by atoms with E-state index in [1.165, 1.54) is 11.3 Å². The molecule has 8 heteroatoms. The van der Waals surface area contributed by atoms with Crippen molar-refractivity contribution in [3.8, 4) is 16.2 Å². The Labute approximate surface area is 170 Å². The normalized spacial score (nSPS) is 10.4. The largest absolute Gasteiger partial charge is 0.497 e. The number of hydrogen-bond donors (Lipinski definition) is 2. The van der Waals surface area contributed by atoms with Crippen molar-refractivity contribution in [1.82, 2.24) is 0 Å². The summed E-state index contributed by atoms with van der Waals surface area (Å²) >= 11 is 7.23. The molecule has 144 valence electrons. The van der Waals surface area contributed by atoms with Crippen LogP contribution in [0.5, 0.6) is 5.75 Å². The van der Waals surface area contributed by atoms with Gasteiger partial charge in [-0.1, -0.05) is 23.7 Å². The Kier molecular flexibility index (Phi) is 6.30. The topological polar surface area (TPSA) is 90.6 Å². The molecule has 1 heterocycles. The number of carbonyl (C=O) groups excluding carboxylic acids is 2. The minimum Gasteiger partial charge on any atom is -0.497 e. The predicted octanol–water partition coefficient (Wildman–Crippen LogP) is 4.29. The molecule has 3 rings (SSSR count). The number of halogens is 1. The zero-order chi connectivity index (χ0) is 20.1. The van der Waals surface area contributed by atoms with Gasteiger partial charge >= 0.3 is 5.97 Å². The molecule has 0 fully saturated rings. The number of ether oxygens (including phenoxy) is 1. The highest BCUT2D eigenvalue weighted by Gasteiger charge is 2.19. The molecule has 1 amide bonds. The maximum atomic E-state index is 12.7. The molecule has 0 aliphatic heterocycles. The molecule has 0 spiro atoms. The number of hydrogen-bond acceptors (Lipinski definition) is 6. The molecule has 3 aromatic rings. The van der Waals surface area contributed by atoms with E-state index in [-0.39, 0.29) is 12.3 Å². The Bertz CT molecular complexity index is 984. The van der Waals surface area contributed by atoms with E-state index in [0.717, 1.165) is 10.4 Å². The summed E-state index contributed by atoms with van der Waals surface area (Å²) in [5.74, 6) is 4.80. The lowest BCUT2D eigenvalue weighted by Gasteiger charge is -2.04. The van der Waals surface area contributed by atoms with E-state index >= 15 is 0 Å². The summed E-state index contributed by atoms with van der Waals surface area (Å²) in [5.41, 5.74) is 2.13. The Morgan fingerprint density at radius 2 is 1.79 bits per heavy atom. The molecule has 6 nitrogen and oxygen atoms in total. The number of amides is 1. The predicted molar refractivity (Wildman–Crippen MR) is 110 cm³/mol. The van der Waals surface area contributed by atoms with Gasteiger partial charge in [-0.15, -0.1) is 11.3 Å². The summed E-state index contributed by atoms with van der Waals surface area (Å²) in [6.45, 7) is 0. The fourth-order valence-electron chi connectivity index (χ4n) is 2.58. The van der Waals surface area contributed by atoms with Crippen molar-refractivity contribution < 1.29 is 19.2 Å². The molecular formula is C20H17ClN2O4S. The Morgan fingerprint density at radius 3 is 2.39 bits per heavy atom. The van der Waals surface area contributed by atoms with Crippen molar-refractivity contribution in [3.63, 3.8) is 0 Å². The van der Waals surface area contributed by atoms with Crippen molar-refractivity contribution in [2.75, 3.05) is 12.4 Å². The van der Waals surface area contributed by atoms with Crippen molar-refractivity contribution in [1.29, 1.82) is 0 Å². The fourth-order valence-corrected chi connectivity index (χ4v) is 3.79. The van der Waals surface area contributed by atoms with E-state index in [4.69, 9.17) is 22.2 Å². The number of thiophene rings is 1. The van der Waals surface area contributed by atoms with Crippen molar-refractivity contribution >= 4 is 40.5 Å². The summed E-state index contributed by atoms with van der Waals surface area (Å²) in [7, 11) is 1.57. The first-order chi connectivity index (χ1) is 13.5. The second kappa shape index (κ2) is 8.88. The summed E-state index contributed by atoms with van der Waals surface area (Å²) in [5, 5.41) is 3.43. The van der Waals surface area contributed by atoms with Crippen LogP contribution in [-0.2, 0) is 16.1 Å². The van der Waals surface area contributed by atoms with Crippen LogP contribution in [0.1, 0.15) is 15.2 Å². The lowest BCUT2D eigenvalue weighted by molar-refractivity contribution is -0.143. The van der Waals surface area contributed by atoms with E-state index in [1.54, 1.807) is 49.6 Å². The van der Waals surface area contributed by atoms with Gasteiger partial charge in [0, 0.05) is 15.6 Å². The van der Waals surface area contributed by atoms with Crippen LogP contribution < -0.4 is 16.0 Å². The molecule has 2 aromatic carbocycles. The molecule has 0 bridgehead atoms. The second-order valence-corrected chi connectivity index (χ2v) is 7.31. The van der Waals surface area contributed by atoms with Gasteiger partial charge in [-0.05, 0) is 53.6 Å². The fraction of sp³-hybridized carbons (Fsp3) is 0.100. The molecule has 28 heavy (non-hydrogen) atoms. The molecule has 3 N–H and O–H groups in total. The highest BCUT2D eigenvalue weighted by atomic mass is 35.5. The Morgan fingerprint density at radius 1 is 1.11 bits per heavy atom. The maximum absolute atomic E-state index is 12.7. The summed E-state index contributed by atoms with van der Waals surface area (Å²) < 4.78 is 5.11. The summed E-state index contributed by atoms with van der Waals surface area (Å²) in [4.78, 5) is 29.9. The molecule has 0 saturated carbocycles. The second-order valence-electron chi connectivity index (χ2n) is 5.82. The van der Waals surface area contributed by atoms with E-state index in [2.05, 4.69) is 10.2 Å². The number of nitrogens with one attached hydrogen (secondary N) is 1.